The van der Waals surface area contributed by atoms with Gasteiger partial charge in [-0.05, 0) is 100 Å². The van der Waals surface area contributed by atoms with Crippen LogP contribution in [0.15, 0.2) is 0 Å². The van der Waals surface area contributed by atoms with Crippen molar-refractivity contribution in [1.82, 2.24) is 4.90 Å². The van der Waals surface area contributed by atoms with Crippen LogP contribution in [0.4, 0.5) is 0 Å². The molecule has 0 aromatic rings. The molecule has 13 heteroatoms. The highest BCUT2D eigenvalue weighted by molar-refractivity contribution is 6.67. The minimum atomic E-state index is -2.68. The Kier molecular flexibility index (Phi) is 24.8. The maximum Gasteiger partial charge on any atom is 0.500 e. The minimum absolute atomic E-state index is 0.547. The Balaban J connectivity index is 5.51. The molecule has 0 radical (unpaired) electrons. The van der Waals surface area contributed by atoms with Gasteiger partial charge in [0.2, 0.25) is 0 Å². The summed E-state index contributed by atoms with van der Waals surface area (Å²) in [5.74, 6) is 0. The summed E-state index contributed by atoms with van der Waals surface area (Å²) in [6.07, 6.45) is 3.40. The molecule has 0 rings (SSSR count). The summed E-state index contributed by atoms with van der Waals surface area (Å²) in [6, 6.07) is 2.49. The molecule has 0 aliphatic carbocycles. The highest BCUT2D eigenvalue weighted by Gasteiger charge is 2.41. The smallest absolute Gasteiger partial charge is 0.393 e. The van der Waals surface area contributed by atoms with E-state index in [1.54, 1.807) is 7.11 Å². The number of methoxy groups -OCH3 is 1. The van der Waals surface area contributed by atoms with Crippen molar-refractivity contribution in [2.45, 2.75) is 92.8 Å². The molecular formula is C27H63NO9Si3. The Morgan fingerprint density at radius 2 is 0.725 bits per heavy atom. The zero-order valence-electron chi connectivity index (χ0n) is 27.3. The molecule has 10 nitrogen and oxygen atoms in total. The van der Waals surface area contributed by atoms with E-state index in [2.05, 4.69) is 4.90 Å². The van der Waals surface area contributed by atoms with Gasteiger partial charge in [-0.15, -0.1) is 0 Å². The molecular weight excluding hydrogens is 567 g/mol. The van der Waals surface area contributed by atoms with E-state index in [1.807, 2.05) is 55.4 Å². The van der Waals surface area contributed by atoms with E-state index in [9.17, 15) is 0 Å². The molecule has 0 atom stereocenters. The summed E-state index contributed by atoms with van der Waals surface area (Å²) in [7, 11) is -6.04. The van der Waals surface area contributed by atoms with Gasteiger partial charge in [-0.2, -0.15) is 0 Å². The standard InChI is InChI=1S/C27H63NO9Si3/c1-10-30-38(27-29-9,31-11-2)24-18-21-28(22-19-25-39(32-12-3,33-13-4)34-14-5)23-20-26-40(35-15-6,36-16-7)37-17-8/h10-27H2,1-9H3. The van der Waals surface area contributed by atoms with E-state index >= 15 is 0 Å². The van der Waals surface area contributed by atoms with Crippen molar-refractivity contribution in [3.05, 3.63) is 0 Å². The molecule has 0 aromatic heterocycles. The first kappa shape index (κ1) is 40.3. The quantitative estimate of drug-likeness (QED) is 0.0982. The van der Waals surface area contributed by atoms with Crippen LogP contribution in [0.25, 0.3) is 0 Å². The summed E-state index contributed by atoms with van der Waals surface area (Å²) in [5.41, 5.74) is 0. The third kappa shape index (κ3) is 16.2. The van der Waals surface area contributed by atoms with E-state index in [0.717, 1.165) is 57.0 Å². The molecule has 0 aromatic carbocycles. The van der Waals surface area contributed by atoms with Crippen LogP contribution in [0.1, 0.15) is 74.7 Å². The second-order valence-corrected chi connectivity index (χ2v) is 18.0. The lowest BCUT2D eigenvalue weighted by molar-refractivity contribution is 0.0692. The van der Waals surface area contributed by atoms with Crippen LogP contribution >= 0.6 is 0 Å². The van der Waals surface area contributed by atoms with Crippen LogP contribution in [-0.2, 0) is 40.1 Å². The fourth-order valence-electron chi connectivity index (χ4n) is 5.04. The van der Waals surface area contributed by atoms with E-state index in [1.165, 1.54) is 0 Å². The summed E-state index contributed by atoms with van der Waals surface area (Å²) in [5, 5.41) is 0. The second kappa shape index (κ2) is 24.7. The number of hydrogen-bond acceptors (Lipinski definition) is 10. The largest absolute Gasteiger partial charge is 0.500 e. The van der Waals surface area contributed by atoms with E-state index < -0.39 is 26.2 Å². The lowest BCUT2D eigenvalue weighted by atomic mass is 10.3. The molecule has 40 heavy (non-hydrogen) atoms. The Bertz CT molecular complexity index is 454. The molecule has 0 aliphatic heterocycles. The Morgan fingerprint density at radius 3 is 1.00 bits per heavy atom. The normalized spacial score (nSPS) is 13.1. The SMILES string of the molecule is CCO[Si](CCCN(CCC[Si](OCC)(OCC)OCC)CCC[Si](OCC)(OCC)OCC)(COC)OCC. The molecule has 0 unspecified atom stereocenters. The van der Waals surface area contributed by atoms with Gasteiger partial charge in [-0.3, -0.25) is 0 Å². The number of nitrogens with zero attached hydrogens (tertiary/aromatic N) is 1. The van der Waals surface area contributed by atoms with Crippen molar-refractivity contribution < 1.29 is 40.1 Å². The van der Waals surface area contributed by atoms with Crippen LogP contribution in [0.3, 0.4) is 0 Å². The fraction of sp³-hybridized carbons (Fsp3) is 1.00. The lowest BCUT2D eigenvalue weighted by Gasteiger charge is -2.32. The predicted molar refractivity (Wildman–Crippen MR) is 167 cm³/mol. The lowest BCUT2D eigenvalue weighted by Crippen LogP contribution is -2.48. The third-order valence-electron chi connectivity index (χ3n) is 6.31. The summed E-state index contributed by atoms with van der Waals surface area (Å²) >= 11 is 0. The van der Waals surface area contributed by atoms with Gasteiger partial charge in [0, 0.05) is 72.1 Å². The van der Waals surface area contributed by atoms with Crippen LogP contribution in [-0.4, -0.2) is 117 Å². The molecule has 0 spiro atoms. The maximum atomic E-state index is 6.19. The van der Waals surface area contributed by atoms with Gasteiger partial charge >= 0.3 is 26.2 Å². The Hall–Kier alpha value is 0.251. The molecule has 0 saturated heterocycles. The number of hydrogen-bond donors (Lipinski definition) is 0. The molecule has 0 heterocycles. The second-order valence-electron chi connectivity index (χ2n) is 9.33. The monoisotopic (exact) mass is 629 g/mol. The van der Waals surface area contributed by atoms with Crippen LogP contribution in [0, 0.1) is 0 Å². The molecule has 242 valence electrons. The van der Waals surface area contributed by atoms with Gasteiger partial charge < -0.3 is 45.0 Å². The van der Waals surface area contributed by atoms with Crippen molar-refractivity contribution in [3.8, 4) is 0 Å². The van der Waals surface area contributed by atoms with Crippen LogP contribution in [0.2, 0.25) is 18.1 Å². The summed E-state index contributed by atoms with van der Waals surface area (Å²) in [4.78, 5) is 2.52. The zero-order valence-corrected chi connectivity index (χ0v) is 30.3. The third-order valence-corrected chi connectivity index (χ3v) is 16.1. The average molecular weight is 630 g/mol. The van der Waals surface area contributed by atoms with E-state index in [0.29, 0.717) is 59.1 Å². The first-order chi connectivity index (χ1) is 19.3. The number of ether oxygens (including phenoxy) is 1. The highest BCUT2D eigenvalue weighted by atomic mass is 28.4. The van der Waals surface area contributed by atoms with Gasteiger partial charge in [-0.25, -0.2) is 0 Å². The van der Waals surface area contributed by atoms with Crippen LogP contribution in [0.5, 0.6) is 0 Å². The molecule has 0 amide bonds. The van der Waals surface area contributed by atoms with Crippen molar-refractivity contribution >= 4 is 26.2 Å². The van der Waals surface area contributed by atoms with Crippen molar-refractivity contribution in [1.29, 1.82) is 0 Å². The van der Waals surface area contributed by atoms with Gasteiger partial charge in [0.15, 0.2) is 0 Å². The predicted octanol–water partition coefficient (Wildman–Crippen LogP) is 5.26. The van der Waals surface area contributed by atoms with Crippen molar-refractivity contribution in [3.63, 3.8) is 0 Å². The molecule has 0 bridgehead atoms. The fourth-order valence-corrected chi connectivity index (χ4v) is 13.1. The summed E-state index contributed by atoms with van der Waals surface area (Å²) < 4.78 is 54.5. The minimum Gasteiger partial charge on any atom is -0.393 e. The van der Waals surface area contributed by atoms with Gasteiger partial charge in [0.25, 0.3) is 0 Å². The van der Waals surface area contributed by atoms with Gasteiger partial charge in [0.1, 0.15) is 0 Å². The average Bonchev–Trinajstić information content (AvgIpc) is 2.90. The molecule has 0 N–H and O–H groups in total. The topological polar surface area (TPSA) is 86.3 Å². The van der Waals surface area contributed by atoms with Crippen LogP contribution < -0.4 is 0 Å². The van der Waals surface area contributed by atoms with E-state index in [4.69, 9.17) is 40.1 Å². The Labute approximate surface area is 249 Å². The van der Waals surface area contributed by atoms with Gasteiger partial charge in [-0.1, -0.05) is 0 Å². The molecule has 0 saturated carbocycles. The Morgan fingerprint density at radius 1 is 0.425 bits per heavy atom. The highest BCUT2D eigenvalue weighted by Crippen LogP contribution is 2.22. The summed E-state index contributed by atoms with van der Waals surface area (Å²) in [6.45, 7) is 23.7. The van der Waals surface area contributed by atoms with Gasteiger partial charge in [0.05, 0.1) is 6.23 Å². The molecule has 0 aliphatic rings. The maximum absolute atomic E-state index is 6.19. The molecule has 0 fully saturated rings. The first-order valence-electron chi connectivity index (χ1n) is 15.7. The zero-order chi connectivity index (χ0) is 30.2. The van der Waals surface area contributed by atoms with Crippen molar-refractivity contribution in [2.24, 2.45) is 0 Å². The van der Waals surface area contributed by atoms with Crippen molar-refractivity contribution in [2.75, 3.05) is 85.8 Å². The van der Waals surface area contributed by atoms with E-state index in [-0.39, 0.29) is 0 Å². The number of rotatable bonds is 30. The first-order valence-corrected chi connectivity index (χ1v) is 21.8.